The molecule has 0 aromatic heterocycles. The summed E-state index contributed by atoms with van der Waals surface area (Å²) in [6.45, 7) is 2.34. The van der Waals surface area contributed by atoms with Crippen molar-refractivity contribution < 1.29 is 0 Å². The fraction of sp³-hybridized carbons (Fsp3) is 0.200. The first-order valence-corrected chi connectivity index (χ1v) is 12.9. The third-order valence-corrected chi connectivity index (χ3v) is 7.57. The number of benzene rings is 5. The van der Waals surface area contributed by atoms with Gasteiger partial charge in [0.25, 0.3) is 0 Å². The highest BCUT2D eigenvalue weighted by atomic mass is 14.4. The molecule has 5 aromatic rings. The summed E-state index contributed by atoms with van der Waals surface area (Å²) in [4.78, 5) is 0. The van der Waals surface area contributed by atoms with Gasteiger partial charge in [-0.1, -0.05) is 147 Å². The standard InChI is InChI=1S/C35H34/c1-2-26-35(31-21-10-5-11-22-31,27-25-28-15-6-3-7-16-28)34(30-18-8-4-9-19-30)33-24-14-20-29-17-12-13-23-32(29)33/h3-24,34H,2,25-27H2,1H3. The fourth-order valence-corrected chi connectivity index (χ4v) is 6.04. The molecule has 2 atom stereocenters. The van der Waals surface area contributed by atoms with Crippen LogP contribution in [-0.2, 0) is 11.8 Å². The average Bonchev–Trinajstić information content (AvgIpc) is 2.94. The first-order valence-electron chi connectivity index (χ1n) is 12.9. The van der Waals surface area contributed by atoms with E-state index in [0.717, 1.165) is 25.7 Å². The van der Waals surface area contributed by atoms with Crippen molar-refractivity contribution in [2.45, 2.75) is 43.9 Å². The number of aryl methyl sites for hydroxylation is 1. The molecule has 0 aliphatic rings. The van der Waals surface area contributed by atoms with Gasteiger partial charge < -0.3 is 0 Å². The first-order chi connectivity index (χ1) is 17.3. The van der Waals surface area contributed by atoms with Gasteiger partial charge >= 0.3 is 0 Å². The number of rotatable bonds is 9. The SMILES string of the molecule is CCCC(CCc1ccccc1)(c1ccccc1)C(c1ccccc1)c1cccc2ccccc12. The molecule has 35 heavy (non-hydrogen) atoms. The molecule has 0 aliphatic carbocycles. The van der Waals surface area contributed by atoms with Crippen LogP contribution in [0.4, 0.5) is 0 Å². The third-order valence-electron chi connectivity index (χ3n) is 7.57. The average molecular weight is 455 g/mol. The lowest BCUT2D eigenvalue weighted by Gasteiger charge is -2.43. The van der Waals surface area contributed by atoms with Crippen molar-refractivity contribution in [2.75, 3.05) is 0 Å². The molecule has 5 aromatic carbocycles. The molecule has 0 saturated heterocycles. The molecule has 0 saturated carbocycles. The second-order valence-corrected chi connectivity index (χ2v) is 9.67. The van der Waals surface area contributed by atoms with Crippen molar-refractivity contribution in [2.24, 2.45) is 0 Å². The monoisotopic (exact) mass is 454 g/mol. The minimum absolute atomic E-state index is 0.0304. The lowest BCUT2D eigenvalue weighted by Crippen LogP contribution is -2.35. The van der Waals surface area contributed by atoms with E-state index < -0.39 is 0 Å². The summed E-state index contributed by atoms with van der Waals surface area (Å²) in [5.41, 5.74) is 5.65. The van der Waals surface area contributed by atoms with Gasteiger partial charge in [-0.05, 0) is 52.3 Å². The molecule has 0 heteroatoms. The highest BCUT2D eigenvalue weighted by Crippen LogP contribution is 2.51. The van der Waals surface area contributed by atoms with Crippen molar-refractivity contribution in [1.29, 1.82) is 0 Å². The van der Waals surface area contributed by atoms with E-state index in [2.05, 4.69) is 140 Å². The fourth-order valence-electron chi connectivity index (χ4n) is 6.04. The maximum Gasteiger partial charge on any atom is 0.0192 e. The van der Waals surface area contributed by atoms with Crippen molar-refractivity contribution in [3.63, 3.8) is 0 Å². The Morgan fingerprint density at radius 2 is 1.17 bits per heavy atom. The lowest BCUT2D eigenvalue weighted by atomic mass is 9.60. The molecule has 174 valence electrons. The van der Waals surface area contributed by atoms with Crippen LogP contribution in [0.5, 0.6) is 0 Å². The summed E-state index contributed by atoms with van der Waals surface area (Å²) in [6.07, 6.45) is 4.42. The molecule has 0 radical (unpaired) electrons. The topological polar surface area (TPSA) is 0 Å². The Morgan fingerprint density at radius 3 is 1.89 bits per heavy atom. The van der Waals surface area contributed by atoms with E-state index in [9.17, 15) is 0 Å². The Morgan fingerprint density at radius 1 is 0.571 bits per heavy atom. The van der Waals surface area contributed by atoms with Crippen molar-refractivity contribution in [3.05, 3.63) is 156 Å². The van der Waals surface area contributed by atoms with E-state index in [1.54, 1.807) is 0 Å². The van der Waals surface area contributed by atoms with Crippen LogP contribution in [0.1, 0.15) is 54.4 Å². The smallest absolute Gasteiger partial charge is 0.0192 e. The Bertz CT molecular complexity index is 1330. The minimum Gasteiger partial charge on any atom is -0.0653 e. The van der Waals surface area contributed by atoms with E-state index in [1.807, 2.05) is 0 Å². The summed E-state index contributed by atoms with van der Waals surface area (Å²) < 4.78 is 0. The summed E-state index contributed by atoms with van der Waals surface area (Å²) >= 11 is 0. The molecular weight excluding hydrogens is 420 g/mol. The van der Waals surface area contributed by atoms with Crippen LogP contribution in [0, 0.1) is 0 Å². The highest BCUT2D eigenvalue weighted by Gasteiger charge is 2.41. The Labute approximate surface area is 210 Å². The van der Waals surface area contributed by atoms with Gasteiger partial charge in [-0.2, -0.15) is 0 Å². The highest BCUT2D eigenvalue weighted by molar-refractivity contribution is 5.87. The van der Waals surface area contributed by atoms with Gasteiger partial charge in [0.2, 0.25) is 0 Å². The Kier molecular flexibility index (Phi) is 7.09. The summed E-state index contributed by atoms with van der Waals surface area (Å²) in [5, 5.41) is 2.67. The molecule has 0 spiro atoms. The second kappa shape index (κ2) is 10.7. The maximum atomic E-state index is 2.37. The predicted octanol–water partition coefficient (Wildman–Crippen LogP) is 9.34. The molecular formula is C35H34. The van der Waals surface area contributed by atoms with Gasteiger partial charge in [0.15, 0.2) is 0 Å². The zero-order valence-corrected chi connectivity index (χ0v) is 20.6. The van der Waals surface area contributed by atoms with Crippen LogP contribution in [0.15, 0.2) is 133 Å². The van der Waals surface area contributed by atoms with Crippen molar-refractivity contribution in [1.82, 2.24) is 0 Å². The third kappa shape index (κ3) is 4.80. The molecule has 0 nitrogen and oxygen atoms in total. The zero-order chi connectivity index (χ0) is 23.9. The van der Waals surface area contributed by atoms with Gasteiger partial charge in [-0.25, -0.2) is 0 Å². The van der Waals surface area contributed by atoms with E-state index >= 15 is 0 Å². The van der Waals surface area contributed by atoms with E-state index in [-0.39, 0.29) is 11.3 Å². The normalized spacial score (nSPS) is 13.9. The molecule has 0 heterocycles. The van der Waals surface area contributed by atoms with E-state index in [0.29, 0.717) is 0 Å². The number of fused-ring (bicyclic) bond motifs is 1. The molecule has 5 rings (SSSR count). The van der Waals surface area contributed by atoms with E-state index in [1.165, 1.54) is 33.0 Å². The molecule has 0 amide bonds. The Hall–Kier alpha value is -3.64. The van der Waals surface area contributed by atoms with E-state index in [4.69, 9.17) is 0 Å². The first kappa shape index (κ1) is 23.1. The van der Waals surface area contributed by atoms with Crippen LogP contribution in [-0.4, -0.2) is 0 Å². The lowest BCUT2D eigenvalue weighted by molar-refractivity contribution is 0.320. The molecule has 0 fully saturated rings. The quantitative estimate of drug-likeness (QED) is 0.208. The van der Waals surface area contributed by atoms with Gasteiger partial charge in [0.1, 0.15) is 0 Å². The summed E-state index contributed by atoms with van der Waals surface area (Å²) in [6, 6.07) is 49.2. The van der Waals surface area contributed by atoms with Gasteiger partial charge in [-0.3, -0.25) is 0 Å². The molecule has 0 bridgehead atoms. The Balaban J connectivity index is 1.76. The van der Waals surface area contributed by atoms with Gasteiger partial charge in [0, 0.05) is 11.3 Å². The van der Waals surface area contributed by atoms with Crippen LogP contribution in [0.2, 0.25) is 0 Å². The number of hydrogen-bond donors (Lipinski definition) is 0. The molecule has 0 aliphatic heterocycles. The van der Waals surface area contributed by atoms with Crippen molar-refractivity contribution in [3.8, 4) is 0 Å². The maximum absolute atomic E-state index is 2.37. The second-order valence-electron chi connectivity index (χ2n) is 9.67. The largest absolute Gasteiger partial charge is 0.0653 e. The van der Waals surface area contributed by atoms with Gasteiger partial charge in [-0.15, -0.1) is 0 Å². The van der Waals surface area contributed by atoms with Gasteiger partial charge in [0.05, 0.1) is 0 Å². The van der Waals surface area contributed by atoms with Crippen LogP contribution in [0.25, 0.3) is 10.8 Å². The van der Waals surface area contributed by atoms with Crippen LogP contribution in [0.3, 0.4) is 0 Å². The zero-order valence-electron chi connectivity index (χ0n) is 20.6. The van der Waals surface area contributed by atoms with Crippen molar-refractivity contribution >= 4 is 10.8 Å². The van der Waals surface area contributed by atoms with Crippen LogP contribution < -0.4 is 0 Å². The molecule has 2 unspecified atom stereocenters. The number of hydrogen-bond acceptors (Lipinski definition) is 0. The molecule has 0 N–H and O–H groups in total. The minimum atomic E-state index is -0.0304. The van der Waals surface area contributed by atoms with Crippen LogP contribution >= 0.6 is 0 Å². The summed E-state index contributed by atoms with van der Waals surface area (Å²) in [7, 11) is 0. The predicted molar refractivity (Wildman–Crippen MR) is 150 cm³/mol. The summed E-state index contributed by atoms with van der Waals surface area (Å²) in [5.74, 6) is 0.251.